The van der Waals surface area contributed by atoms with Crippen LogP contribution in [0.25, 0.3) is 20.2 Å². The summed E-state index contributed by atoms with van der Waals surface area (Å²) in [5.41, 5.74) is 12.4. The van der Waals surface area contributed by atoms with Crippen LogP contribution >= 0.6 is 11.3 Å². The van der Waals surface area contributed by atoms with E-state index in [-0.39, 0.29) is 16.9 Å². The molecule has 4 heteroatoms. The fourth-order valence-corrected chi connectivity index (χ4v) is 5.14. The van der Waals surface area contributed by atoms with Crippen LogP contribution in [0, 0.1) is 5.41 Å². The molecule has 1 aromatic heterocycles. The van der Waals surface area contributed by atoms with Crippen LogP contribution in [0.2, 0.25) is 0 Å². The average molecular weight is 354 g/mol. The zero-order chi connectivity index (χ0) is 18.2. The van der Waals surface area contributed by atoms with Gasteiger partial charge in [-0.05, 0) is 55.9 Å². The Morgan fingerprint density at radius 2 is 1.64 bits per heavy atom. The summed E-state index contributed by atoms with van der Waals surface area (Å²) in [5, 5.41) is 2.71. The second-order valence-corrected chi connectivity index (χ2v) is 9.38. The minimum Gasteiger partial charge on any atom is -0.370 e. The van der Waals surface area contributed by atoms with E-state index in [0.717, 1.165) is 12.8 Å². The van der Waals surface area contributed by atoms with Gasteiger partial charge in [-0.3, -0.25) is 0 Å². The van der Waals surface area contributed by atoms with Gasteiger partial charge in [0.25, 0.3) is 0 Å². The molecule has 4 N–H and O–H groups in total. The van der Waals surface area contributed by atoms with Crippen molar-refractivity contribution in [1.82, 2.24) is 0 Å². The van der Waals surface area contributed by atoms with Crippen molar-refractivity contribution in [3.63, 3.8) is 0 Å². The lowest BCUT2D eigenvalue weighted by atomic mass is 9.76. The Bertz CT molecular complexity index is 931. The summed E-state index contributed by atoms with van der Waals surface area (Å²) in [4.78, 5) is 4.39. The molecule has 0 aliphatic carbocycles. The lowest BCUT2D eigenvalue weighted by Gasteiger charge is -2.32. The van der Waals surface area contributed by atoms with Gasteiger partial charge in [-0.2, -0.15) is 0 Å². The van der Waals surface area contributed by atoms with Crippen LogP contribution in [0.1, 0.15) is 39.7 Å². The first-order valence-electron chi connectivity index (χ1n) is 8.66. The van der Waals surface area contributed by atoms with Crippen LogP contribution in [-0.4, -0.2) is 11.5 Å². The first-order valence-corrected chi connectivity index (χ1v) is 9.48. The molecule has 0 spiro atoms. The normalized spacial score (nSPS) is 12.6. The molecule has 0 aliphatic rings. The van der Waals surface area contributed by atoms with Gasteiger partial charge in [0.1, 0.15) is 0 Å². The average Bonchev–Trinajstić information content (AvgIpc) is 2.82. The van der Waals surface area contributed by atoms with Crippen molar-refractivity contribution in [1.29, 1.82) is 0 Å². The molecule has 0 saturated heterocycles. The number of fused-ring (bicyclic) bond motifs is 3. The summed E-state index contributed by atoms with van der Waals surface area (Å²) in [6.07, 6.45) is 1.91. The Morgan fingerprint density at radius 1 is 0.960 bits per heavy atom. The van der Waals surface area contributed by atoms with E-state index in [9.17, 15) is 0 Å². The smallest absolute Gasteiger partial charge is 0.186 e. The predicted octanol–water partition coefficient (Wildman–Crippen LogP) is 5.07. The Hall–Kier alpha value is -2.07. The zero-order valence-electron chi connectivity index (χ0n) is 15.5. The van der Waals surface area contributed by atoms with Gasteiger partial charge in [0.05, 0.1) is 5.54 Å². The minimum absolute atomic E-state index is 0.0992. The molecular formula is C21H27N3S. The maximum atomic E-state index is 5.58. The summed E-state index contributed by atoms with van der Waals surface area (Å²) < 4.78 is 2.70. The highest BCUT2D eigenvalue weighted by atomic mass is 32.1. The highest BCUT2D eigenvalue weighted by Crippen LogP contribution is 2.37. The molecule has 0 unspecified atom stereocenters. The number of nitrogens with two attached hydrogens (primary N) is 2. The number of thiophene rings is 1. The number of aliphatic imine (C=N–C) groups is 1. The fraction of sp³-hybridized carbons (Fsp3) is 0.381. The molecule has 0 fully saturated rings. The van der Waals surface area contributed by atoms with E-state index in [2.05, 4.69) is 75.2 Å². The molecule has 3 rings (SSSR count). The Balaban J connectivity index is 1.89. The molecule has 0 saturated carbocycles. The lowest BCUT2D eigenvalue weighted by Crippen LogP contribution is -2.33. The van der Waals surface area contributed by atoms with Gasteiger partial charge < -0.3 is 11.5 Å². The summed E-state index contributed by atoms with van der Waals surface area (Å²) in [6, 6.07) is 15.5. The van der Waals surface area contributed by atoms with Crippen molar-refractivity contribution in [2.24, 2.45) is 21.9 Å². The molecule has 132 valence electrons. The largest absolute Gasteiger partial charge is 0.370 e. The van der Waals surface area contributed by atoms with E-state index < -0.39 is 0 Å². The molecule has 0 bridgehead atoms. The third-order valence-electron chi connectivity index (χ3n) is 4.47. The van der Waals surface area contributed by atoms with Crippen LogP contribution in [0.5, 0.6) is 0 Å². The van der Waals surface area contributed by atoms with Crippen LogP contribution < -0.4 is 11.5 Å². The first-order chi connectivity index (χ1) is 11.7. The molecule has 0 atom stereocenters. The van der Waals surface area contributed by atoms with Crippen molar-refractivity contribution < 1.29 is 0 Å². The lowest BCUT2D eigenvalue weighted by molar-refractivity contribution is 0.259. The van der Waals surface area contributed by atoms with Crippen molar-refractivity contribution >= 4 is 37.5 Å². The Kier molecular flexibility index (Phi) is 4.50. The number of hydrogen-bond acceptors (Lipinski definition) is 2. The van der Waals surface area contributed by atoms with Gasteiger partial charge in [-0.1, -0.05) is 38.1 Å². The molecule has 3 aromatic rings. The number of nitrogens with zero attached hydrogens (tertiary/aromatic N) is 1. The third-order valence-corrected chi connectivity index (χ3v) is 5.62. The molecule has 0 amide bonds. The molecule has 1 heterocycles. The van der Waals surface area contributed by atoms with Gasteiger partial charge in [-0.25, -0.2) is 4.99 Å². The van der Waals surface area contributed by atoms with E-state index in [1.54, 1.807) is 0 Å². The van der Waals surface area contributed by atoms with Gasteiger partial charge in [0, 0.05) is 20.2 Å². The summed E-state index contributed by atoms with van der Waals surface area (Å²) >= 11 is 1.86. The van der Waals surface area contributed by atoms with Crippen LogP contribution in [0.15, 0.2) is 47.5 Å². The van der Waals surface area contributed by atoms with Crippen LogP contribution in [0.4, 0.5) is 0 Å². The van der Waals surface area contributed by atoms with Gasteiger partial charge in [-0.15, -0.1) is 11.3 Å². The molecule has 0 aliphatic heterocycles. The number of hydrogen-bond donors (Lipinski definition) is 2. The van der Waals surface area contributed by atoms with E-state index in [1.807, 2.05) is 11.3 Å². The van der Waals surface area contributed by atoms with E-state index in [0.29, 0.717) is 0 Å². The van der Waals surface area contributed by atoms with E-state index >= 15 is 0 Å². The molecular weight excluding hydrogens is 326 g/mol. The third kappa shape index (κ3) is 4.13. The quantitative estimate of drug-likeness (QED) is 0.497. The topological polar surface area (TPSA) is 64.4 Å². The second kappa shape index (κ2) is 6.34. The molecule has 25 heavy (non-hydrogen) atoms. The Labute approximate surface area is 153 Å². The van der Waals surface area contributed by atoms with Crippen LogP contribution in [-0.2, 0) is 6.42 Å². The highest BCUT2D eigenvalue weighted by Gasteiger charge is 2.29. The molecule has 2 aromatic carbocycles. The number of rotatable bonds is 5. The molecule has 0 radical (unpaired) electrons. The standard InChI is InChI=1S/C21H27N3S/c1-20(2,13-21(3,4)24-19(22)23)12-14-9-10-18-16(11-14)15-7-5-6-8-17(15)25-18/h5-11H,12-13H2,1-4H3,(H4,22,23,24). The van der Waals surface area contributed by atoms with Crippen molar-refractivity contribution in [3.8, 4) is 0 Å². The maximum absolute atomic E-state index is 5.58. The summed E-state index contributed by atoms with van der Waals surface area (Å²) in [6.45, 7) is 8.74. The minimum atomic E-state index is -0.262. The zero-order valence-corrected chi connectivity index (χ0v) is 16.3. The van der Waals surface area contributed by atoms with Crippen molar-refractivity contribution in [2.45, 2.75) is 46.1 Å². The summed E-state index contributed by atoms with van der Waals surface area (Å²) in [7, 11) is 0. The maximum Gasteiger partial charge on any atom is 0.186 e. The van der Waals surface area contributed by atoms with E-state index in [4.69, 9.17) is 11.5 Å². The fourth-order valence-electron chi connectivity index (χ4n) is 4.06. The number of guanidine groups is 1. The van der Waals surface area contributed by atoms with Crippen molar-refractivity contribution in [2.75, 3.05) is 0 Å². The highest BCUT2D eigenvalue weighted by molar-refractivity contribution is 7.25. The Morgan fingerprint density at radius 3 is 2.36 bits per heavy atom. The van der Waals surface area contributed by atoms with Crippen LogP contribution in [0.3, 0.4) is 0 Å². The molecule has 3 nitrogen and oxygen atoms in total. The monoisotopic (exact) mass is 353 g/mol. The SMILES string of the molecule is CC(C)(Cc1ccc2sc3ccccc3c2c1)CC(C)(C)N=C(N)N. The second-order valence-electron chi connectivity index (χ2n) is 8.30. The first kappa shape index (κ1) is 17.7. The van der Waals surface area contributed by atoms with Gasteiger partial charge >= 0.3 is 0 Å². The number of benzene rings is 2. The van der Waals surface area contributed by atoms with Gasteiger partial charge in [0.15, 0.2) is 5.96 Å². The predicted molar refractivity (Wildman–Crippen MR) is 111 cm³/mol. The van der Waals surface area contributed by atoms with Crippen molar-refractivity contribution in [3.05, 3.63) is 48.0 Å². The van der Waals surface area contributed by atoms with Gasteiger partial charge in [0.2, 0.25) is 0 Å². The van der Waals surface area contributed by atoms with E-state index in [1.165, 1.54) is 25.7 Å². The summed E-state index contributed by atoms with van der Waals surface area (Å²) in [5.74, 6) is 0.159.